The number of nitrogens with one attached hydrogen (secondary N) is 1. The molecule has 1 atom stereocenters. The highest BCUT2D eigenvalue weighted by Gasteiger charge is 2.09. The first-order valence-electron chi connectivity index (χ1n) is 7.04. The maximum absolute atomic E-state index is 9.32. The molecule has 1 heterocycles. The molecule has 4 nitrogen and oxygen atoms in total. The Kier molecular flexibility index (Phi) is 5.32. The third kappa shape index (κ3) is 3.92. The van der Waals surface area contributed by atoms with E-state index in [1.165, 1.54) is 0 Å². The van der Waals surface area contributed by atoms with E-state index >= 15 is 0 Å². The standard InChI is InChI=1S/C16H22N2O2/c1-12(2)18-13(11-19)8-10-20-16-7-3-6-15-14(16)5-4-9-17-15/h3-7,9,12-13,18-19H,8,10-11H2,1-2H3. The predicted octanol–water partition coefficient (Wildman–Crippen LogP) is 2.36. The molecular weight excluding hydrogens is 252 g/mol. The van der Waals surface area contributed by atoms with Gasteiger partial charge in [0.25, 0.3) is 0 Å². The molecule has 1 aromatic heterocycles. The Hall–Kier alpha value is -1.65. The Morgan fingerprint density at radius 3 is 2.85 bits per heavy atom. The molecule has 0 bridgehead atoms. The minimum atomic E-state index is 0.0723. The van der Waals surface area contributed by atoms with Crippen LogP contribution >= 0.6 is 0 Å². The van der Waals surface area contributed by atoms with Crippen LogP contribution in [0.4, 0.5) is 0 Å². The summed E-state index contributed by atoms with van der Waals surface area (Å²) in [6.45, 7) is 4.83. The smallest absolute Gasteiger partial charge is 0.128 e. The second kappa shape index (κ2) is 7.22. The van der Waals surface area contributed by atoms with Gasteiger partial charge in [0, 0.05) is 23.7 Å². The van der Waals surface area contributed by atoms with Gasteiger partial charge in [-0.15, -0.1) is 0 Å². The minimum Gasteiger partial charge on any atom is -0.493 e. The predicted molar refractivity (Wildman–Crippen MR) is 81.0 cm³/mol. The monoisotopic (exact) mass is 274 g/mol. The molecule has 0 amide bonds. The first-order valence-corrected chi connectivity index (χ1v) is 7.04. The summed E-state index contributed by atoms with van der Waals surface area (Å²) in [5.41, 5.74) is 0.934. The van der Waals surface area contributed by atoms with Gasteiger partial charge in [0.2, 0.25) is 0 Å². The largest absolute Gasteiger partial charge is 0.493 e. The number of hydrogen-bond acceptors (Lipinski definition) is 4. The lowest BCUT2D eigenvalue weighted by Gasteiger charge is -2.19. The zero-order valence-electron chi connectivity index (χ0n) is 12.0. The minimum absolute atomic E-state index is 0.0723. The van der Waals surface area contributed by atoms with Gasteiger partial charge in [0.05, 0.1) is 18.7 Å². The highest BCUT2D eigenvalue weighted by molar-refractivity contribution is 5.84. The Morgan fingerprint density at radius 2 is 2.10 bits per heavy atom. The van der Waals surface area contributed by atoms with Crippen LogP contribution in [0.1, 0.15) is 20.3 Å². The topological polar surface area (TPSA) is 54.4 Å². The van der Waals surface area contributed by atoms with Crippen LogP contribution in [0.15, 0.2) is 36.5 Å². The number of rotatable bonds is 7. The fourth-order valence-electron chi connectivity index (χ4n) is 2.21. The molecule has 0 saturated carbocycles. The van der Waals surface area contributed by atoms with Gasteiger partial charge in [-0.05, 0) is 30.7 Å². The molecule has 0 fully saturated rings. The zero-order valence-corrected chi connectivity index (χ0v) is 12.0. The van der Waals surface area contributed by atoms with Crippen LogP contribution in [0.2, 0.25) is 0 Å². The molecule has 0 saturated heterocycles. The van der Waals surface area contributed by atoms with Crippen LogP contribution in [0.25, 0.3) is 10.9 Å². The first-order chi connectivity index (χ1) is 9.70. The number of nitrogens with zero attached hydrogens (tertiary/aromatic N) is 1. The van der Waals surface area contributed by atoms with E-state index in [2.05, 4.69) is 24.1 Å². The van der Waals surface area contributed by atoms with Crippen molar-refractivity contribution in [1.82, 2.24) is 10.3 Å². The number of hydrogen-bond donors (Lipinski definition) is 2. The molecule has 20 heavy (non-hydrogen) atoms. The Balaban J connectivity index is 1.96. The Labute approximate surface area is 119 Å². The van der Waals surface area contributed by atoms with E-state index < -0.39 is 0 Å². The fraction of sp³-hybridized carbons (Fsp3) is 0.438. The number of pyridine rings is 1. The fourth-order valence-corrected chi connectivity index (χ4v) is 2.21. The Morgan fingerprint density at radius 1 is 1.25 bits per heavy atom. The van der Waals surface area contributed by atoms with Crippen molar-refractivity contribution in [2.24, 2.45) is 0 Å². The Bertz CT molecular complexity index is 537. The number of aromatic nitrogens is 1. The molecule has 2 rings (SSSR count). The molecular formula is C16H22N2O2. The van der Waals surface area contributed by atoms with Gasteiger partial charge >= 0.3 is 0 Å². The lowest BCUT2D eigenvalue weighted by Crippen LogP contribution is -2.38. The van der Waals surface area contributed by atoms with Crippen LogP contribution in [0.3, 0.4) is 0 Å². The number of fused-ring (bicyclic) bond motifs is 1. The summed E-state index contributed by atoms with van der Waals surface area (Å²) in [5.74, 6) is 0.844. The van der Waals surface area contributed by atoms with Crippen LogP contribution in [0, 0.1) is 0 Å². The average molecular weight is 274 g/mol. The normalized spacial score (nSPS) is 12.8. The molecule has 4 heteroatoms. The quantitative estimate of drug-likeness (QED) is 0.814. The highest BCUT2D eigenvalue weighted by atomic mass is 16.5. The molecule has 0 aliphatic carbocycles. The first kappa shape index (κ1) is 14.8. The summed E-state index contributed by atoms with van der Waals surface area (Å²) in [7, 11) is 0. The molecule has 1 unspecified atom stereocenters. The van der Waals surface area contributed by atoms with Gasteiger partial charge in [0.1, 0.15) is 5.75 Å². The molecule has 0 radical (unpaired) electrons. The van der Waals surface area contributed by atoms with Gasteiger partial charge in [0.15, 0.2) is 0 Å². The summed E-state index contributed by atoms with van der Waals surface area (Å²) in [6, 6.07) is 10.2. The highest BCUT2D eigenvalue weighted by Crippen LogP contribution is 2.23. The molecule has 108 valence electrons. The maximum Gasteiger partial charge on any atom is 0.128 e. The zero-order chi connectivity index (χ0) is 14.4. The molecule has 1 aromatic carbocycles. The maximum atomic E-state index is 9.32. The summed E-state index contributed by atoms with van der Waals surface area (Å²) in [6.07, 6.45) is 2.55. The van der Waals surface area contributed by atoms with E-state index in [9.17, 15) is 5.11 Å². The number of aliphatic hydroxyl groups is 1. The average Bonchev–Trinajstić information content (AvgIpc) is 2.46. The summed E-state index contributed by atoms with van der Waals surface area (Å²) in [4.78, 5) is 4.31. The summed E-state index contributed by atoms with van der Waals surface area (Å²) in [5, 5.41) is 13.6. The third-order valence-corrected chi connectivity index (χ3v) is 3.12. The second-order valence-corrected chi connectivity index (χ2v) is 5.16. The van der Waals surface area contributed by atoms with Crippen molar-refractivity contribution in [2.75, 3.05) is 13.2 Å². The van der Waals surface area contributed by atoms with E-state index in [-0.39, 0.29) is 12.6 Å². The van der Waals surface area contributed by atoms with Gasteiger partial charge in [-0.25, -0.2) is 0 Å². The van der Waals surface area contributed by atoms with E-state index in [1.807, 2.05) is 30.3 Å². The van der Waals surface area contributed by atoms with Gasteiger partial charge in [-0.1, -0.05) is 19.9 Å². The van der Waals surface area contributed by atoms with Gasteiger partial charge < -0.3 is 15.2 Å². The molecule has 0 spiro atoms. The van der Waals surface area contributed by atoms with Crippen molar-refractivity contribution >= 4 is 10.9 Å². The molecule has 0 aliphatic rings. The molecule has 0 aliphatic heterocycles. The van der Waals surface area contributed by atoms with Crippen LogP contribution in [-0.2, 0) is 0 Å². The van der Waals surface area contributed by atoms with Crippen molar-refractivity contribution in [2.45, 2.75) is 32.4 Å². The van der Waals surface area contributed by atoms with Crippen LogP contribution in [-0.4, -0.2) is 35.4 Å². The number of benzene rings is 1. The van der Waals surface area contributed by atoms with Crippen molar-refractivity contribution in [3.05, 3.63) is 36.5 Å². The SMILES string of the molecule is CC(C)NC(CO)CCOc1cccc2ncccc12. The van der Waals surface area contributed by atoms with E-state index in [4.69, 9.17) is 4.74 Å². The third-order valence-electron chi connectivity index (χ3n) is 3.12. The van der Waals surface area contributed by atoms with Crippen LogP contribution < -0.4 is 10.1 Å². The summed E-state index contributed by atoms with van der Waals surface area (Å²) >= 11 is 0. The number of aliphatic hydroxyl groups excluding tert-OH is 1. The van der Waals surface area contributed by atoms with Crippen molar-refractivity contribution < 1.29 is 9.84 Å². The van der Waals surface area contributed by atoms with Gasteiger partial charge in [-0.2, -0.15) is 0 Å². The van der Waals surface area contributed by atoms with Crippen molar-refractivity contribution in [1.29, 1.82) is 0 Å². The van der Waals surface area contributed by atoms with Crippen molar-refractivity contribution in [3.63, 3.8) is 0 Å². The van der Waals surface area contributed by atoms with Crippen molar-refractivity contribution in [3.8, 4) is 5.75 Å². The lowest BCUT2D eigenvalue weighted by atomic mass is 10.2. The van der Waals surface area contributed by atoms with E-state index in [0.717, 1.165) is 23.1 Å². The second-order valence-electron chi connectivity index (χ2n) is 5.16. The van der Waals surface area contributed by atoms with Crippen LogP contribution in [0.5, 0.6) is 5.75 Å². The molecule has 2 aromatic rings. The lowest BCUT2D eigenvalue weighted by molar-refractivity contribution is 0.203. The number of ether oxygens (including phenoxy) is 1. The molecule has 2 N–H and O–H groups in total. The summed E-state index contributed by atoms with van der Waals surface area (Å²) < 4.78 is 5.84. The van der Waals surface area contributed by atoms with E-state index in [1.54, 1.807) is 6.20 Å². The van der Waals surface area contributed by atoms with E-state index in [0.29, 0.717) is 12.6 Å². The van der Waals surface area contributed by atoms with Gasteiger partial charge in [-0.3, -0.25) is 4.98 Å².